The zero-order chi connectivity index (χ0) is 17.5. The highest BCUT2D eigenvalue weighted by Crippen LogP contribution is 2.11. The molecule has 7 heteroatoms. The van der Waals surface area contributed by atoms with Gasteiger partial charge in [-0.3, -0.25) is 14.5 Å². The Kier molecular flexibility index (Phi) is 8.89. The van der Waals surface area contributed by atoms with Crippen LogP contribution >= 0.6 is 12.4 Å². The first-order valence-electron chi connectivity index (χ1n) is 8.67. The lowest BCUT2D eigenvalue weighted by Gasteiger charge is -2.35. The normalized spacial score (nSPS) is 14.4. The van der Waals surface area contributed by atoms with Crippen LogP contribution in [-0.2, 0) is 11.3 Å². The van der Waals surface area contributed by atoms with Gasteiger partial charge in [0, 0.05) is 38.3 Å². The molecule has 1 aromatic carbocycles. The molecule has 1 aliphatic heterocycles. The van der Waals surface area contributed by atoms with Gasteiger partial charge in [0.2, 0.25) is 5.91 Å². The summed E-state index contributed by atoms with van der Waals surface area (Å²) < 4.78 is 0. The number of carbonyl (C=O) groups excluding carboxylic acids is 2. The number of rotatable bonds is 6. The predicted octanol–water partition coefficient (Wildman–Crippen LogP) is 1.19. The first kappa shape index (κ1) is 21.4. The molecule has 0 aliphatic carbocycles. The van der Waals surface area contributed by atoms with E-state index in [0.717, 1.165) is 18.7 Å². The topological polar surface area (TPSA) is 69.9 Å². The fourth-order valence-corrected chi connectivity index (χ4v) is 2.86. The van der Waals surface area contributed by atoms with Crippen molar-refractivity contribution in [3.8, 4) is 0 Å². The molecule has 140 valence electrons. The van der Waals surface area contributed by atoms with Gasteiger partial charge in [-0.25, -0.2) is 0 Å². The number of carbonyl (C=O) groups is 2. The Labute approximate surface area is 156 Å². The van der Waals surface area contributed by atoms with Gasteiger partial charge in [-0.05, 0) is 30.8 Å². The highest BCUT2D eigenvalue weighted by molar-refractivity contribution is 5.94. The van der Waals surface area contributed by atoms with Gasteiger partial charge in [-0.15, -0.1) is 12.4 Å². The first-order chi connectivity index (χ1) is 11.6. The number of piperazine rings is 1. The second kappa shape index (κ2) is 10.4. The van der Waals surface area contributed by atoms with Gasteiger partial charge in [-0.1, -0.05) is 26.0 Å². The summed E-state index contributed by atoms with van der Waals surface area (Å²) in [4.78, 5) is 30.6. The Hall–Kier alpha value is -1.63. The number of nitrogens with zero attached hydrogens (tertiary/aromatic N) is 3. The van der Waals surface area contributed by atoms with E-state index in [9.17, 15) is 9.59 Å². The van der Waals surface area contributed by atoms with Gasteiger partial charge in [0.1, 0.15) is 0 Å². The summed E-state index contributed by atoms with van der Waals surface area (Å²) in [6, 6.07) is 7.42. The second-order valence-corrected chi connectivity index (χ2v) is 6.04. The van der Waals surface area contributed by atoms with Crippen LogP contribution in [0.25, 0.3) is 0 Å². The third kappa shape index (κ3) is 5.70. The third-order valence-corrected chi connectivity index (χ3v) is 4.61. The van der Waals surface area contributed by atoms with Crippen molar-refractivity contribution in [3.63, 3.8) is 0 Å². The van der Waals surface area contributed by atoms with Crippen LogP contribution in [0.5, 0.6) is 0 Å². The molecule has 0 saturated carbocycles. The number of nitrogens with two attached hydrogens (primary N) is 1. The van der Waals surface area contributed by atoms with E-state index in [0.29, 0.717) is 44.8 Å². The van der Waals surface area contributed by atoms with Crippen molar-refractivity contribution in [1.82, 2.24) is 14.7 Å². The molecule has 2 rings (SSSR count). The van der Waals surface area contributed by atoms with Gasteiger partial charge < -0.3 is 15.5 Å². The van der Waals surface area contributed by atoms with Gasteiger partial charge in [0.05, 0.1) is 6.54 Å². The SMILES string of the molecule is CCN(CC)CC(=O)N1CCN(C(=O)c2ccc(CN)cc2)CC1.Cl. The molecular weight excluding hydrogens is 340 g/mol. The monoisotopic (exact) mass is 368 g/mol. The van der Waals surface area contributed by atoms with Crippen molar-refractivity contribution in [3.05, 3.63) is 35.4 Å². The number of likely N-dealkylation sites (N-methyl/N-ethyl adjacent to an activating group) is 1. The summed E-state index contributed by atoms with van der Waals surface area (Å²) in [5.74, 6) is 0.174. The Bertz CT molecular complexity index is 553. The average molecular weight is 369 g/mol. The Morgan fingerprint density at radius 1 is 1.00 bits per heavy atom. The van der Waals surface area contributed by atoms with Crippen LogP contribution in [0.2, 0.25) is 0 Å². The van der Waals surface area contributed by atoms with Crippen molar-refractivity contribution in [2.75, 3.05) is 45.8 Å². The van der Waals surface area contributed by atoms with Crippen molar-refractivity contribution >= 4 is 24.2 Å². The molecule has 2 N–H and O–H groups in total. The standard InChI is InChI=1S/C18H28N4O2.ClH/c1-3-20(4-2)14-17(23)21-9-11-22(12-10-21)18(24)16-7-5-15(13-19)6-8-16;/h5-8H,3-4,9-14,19H2,1-2H3;1H. The molecule has 6 nitrogen and oxygen atoms in total. The third-order valence-electron chi connectivity index (χ3n) is 4.61. The van der Waals surface area contributed by atoms with E-state index in [2.05, 4.69) is 18.7 Å². The minimum Gasteiger partial charge on any atom is -0.338 e. The summed E-state index contributed by atoms with van der Waals surface area (Å²) in [7, 11) is 0. The molecule has 2 amide bonds. The molecular formula is C18H29ClN4O2. The summed E-state index contributed by atoms with van der Waals surface area (Å²) in [5.41, 5.74) is 7.27. The maximum absolute atomic E-state index is 12.5. The van der Waals surface area contributed by atoms with Crippen LogP contribution in [0.15, 0.2) is 24.3 Å². The largest absolute Gasteiger partial charge is 0.338 e. The van der Waals surface area contributed by atoms with Crippen LogP contribution < -0.4 is 5.73 Å². The predicted molar refractivity (Wildman–Crippen MR) is 102 cm³/mol. The lowest BCUT2D eigenvalue weighted by Crippen LogP contribution is -2.52. The van der Waals surface area contributed by atoms with Crippen molar-refractivity contribution in [2.24, 2.45) is 5.73 Å². The molecule has 1 saturated heterocycles. The molecule has 0 aromatic heterocycles. The summed E-state index contributed by atoms with van der Waals surface area (Å²) in [6.45, 7) is 9.18. The van der Waals surface area contributed by atoms with Gasteiger partial charge in [-0.2, -0.15) is 0 Å². The van der Waals surface area contributed by atoms with E-state index in [1.165, 1.54) is 0 Å². The highest BCUT2D eigenvalue weighted by Gasteiger charge is 2.25. The Morgan fingerprint density at radius 2 is 1.52 bits per heavy atom. The molecule has 0 spiro atoms. The van der Waals surface area contributed by atoms with E-state index in [1.807, 2.05) is 34.1 Å². The summed E-state index contributed by atoms with van der Waals surface area (Å²) >= 11 is 0. The van der Waals surface area contributed by atoms with Gasteiger partial charge in [0.25, 0.3) is 5.91 Å². The minimum atomic E-state index is 0. The molecule has 1 fully saturated rings. The lowest BCUT2D eigenvalue weighted by molar-refractivity contribution is -0.133. The summed E-state index contributed by atoms with van der Waals surface area (Å²) in [6.07, 6.45) is 0. The van der Waals surface area contributed by atoms with Crippen LogP contribution in [-0.4, -0.2) is 72.3 Å². The van der Waals surface area contributed by atoms with Crippen LogP contribution in [0.1, 0.15) is 29.8 Å². The first-order valence-corrected chi connectivity index (χ1v) is 8.67. The number of hydrogen-bond donors (Lipinski definition) is 1. The Balaban J connectivity index is 0.00000312. The van der Waals surface area contributed by atoms with Crippen LogP contribution in [0.4, 0.5) is 0 Å². The van der Waals surface area contributed by atoms with Gasteiger partial charge >= 0.3 is 0 Å². The molecule has 0 radical (unpaired) electrons. The van der Waals surface area contributed by atoms with Crippen LogP contribution in [0, 0.1) is 0 Å². The highest BCUT2D eigenvalue weighted by atomic mass is 35.5. The molecule has 1 aliphatic rings. The maximum atomic E-state index is 12.5. The quantitative estimate of drug-likeness (QED) is 0.819. The number of hydrogen-bond acceptors (Lipinski definition) is 4. The second-order valence-electron chi connectivity index (χ2n) is 6.04. The number of amides is 2. The van der Waals surface area contributed by atoms with Gasteiger partial charge in [0.15, 0.2) is 0 Å². The number of halogens is 1. The van der Waals surface area contributed by atoms with Crippen molar-refractivity contribution in [2.45, 2.75) is 20.4 Å². The van der Waals surface area contributed by atoms with E-state index in [-0.39, 0.29) is 24.2 Å². The fourth-order valence-electron chi connectivity index (χ4n) is 2.86. The minimum absolute atomic E-state index is 0. The molecule has 0 atom stereocenters. The molecule has 1 aromatic rings. The van der Waals surface area contributed by atoms with Crippen LogP contribution in [0.3, 0.4) is 0 Å². The van der Waals surface area contributed by atoms with Crippen molar-refractivity contribution in [1.29, 1.82) is 0 Å². The van der Waals surface area contributed by atoms with E-state index in [1.54, 1.807) is 0 Å². The molecule has 0 unspecified atom stereocenters. The molecule has 0 bridgehead atoms. The fraction of sp³-hybridized carbons (Fsp3) is 0.556. The van der Waals surface area contributed by atoms with Crippen molar-refractivity contribution < 1.29 is 9.59 Å². The average Bonchev–Trinajstić information content (AvgIpc) is 2.65. The molecule has 1 heterocycles. The Morgan fingerprint density at radius 3 is 2.00 bits per heavy atom. The maximum Gasteiger partial charge on any atom is 0.253 e. The smallest absolute Gasteiger partial charge is 0.253 e. The zero-order valence-electron chi connectivity index (χ0n) is 15.1. The van der Waals surface area contributed by atoms with E-state index >= 15 is 0 Å². The lowest BCUT2D eigenvalue weighted by atomic mass is 10.1. The van der Waals surface area contributed by atoms with E-state index in [4.69, 9.17) is 5.73 Å². The van der Waals surface area contributed by atoms with E-state index < -0.39 is 0 Å². The molecule has 25 heavy (non-hydrogen) atoms. The number of benzene rings is 1. The zero-order valence-corrected chi connectivity index (χ0v) is 15.9. The summed E-state index contributed by atoms with van der Waals surface area (Å²) in [5, 5.41) is 0.